The summed E-state index contributed by atoms with van der Waals surface area (Å²) in [5.41, 5.74) is 6.67. The Morgan fingerprint density at radius 1 is 1.29 bits per heavy atom. The Kier molecular flexibility index (Phi) is 4.64. The molecule has 1 aliphatic carbocycles. The van der Waals surface area contributed by atoms with E-state index in [4.69, 9.17) is 5.73 Å². The molecule has 0 unspecified atom stereocenters. The van der Waals surface area contributed by atoms with E-state index < -0.39 is 5.91 Å². The van der Waals surface area contributed by atoms with Gasteiger partial charge >= 0.3 is 0 Å². The van der Waals surface area contributed by atoms with E-state index in [0.29, 0.717) is 11.7 Å². The lowest BCUT2D eigenvalue weighted by molar-refractivity contribution is 0.0734. The van der Waals surface area contributed by atoms with Crippen LogP contribution in [0.1, 0.15) is 53.6 Å². The van der Waals surface area contributed by atoms with Crippen molar-refractivity contribution in [2.45, 2.75) is 38.6 Å². The Bertz CT molecular complexity index is 735. The molecule has 0 saturated heterocycles. The average Bonchev–Trinajstić information content (AvgIpc) is 3.32. The first-order valence-corrected chi connectivity index (χ1v) is 8.38. The van der Waals surface area contributed by atoms with Gasteiger partial charge in [0, 0.05) is 18.7 Å². The van der Waals surface area contributed by atoms with Gasteiger partial charge in [-0.25, -0.2) is 4.68 Å². The van der Waals surface area contributed by atoms with Crippen LogP contribution in [-0.4, -0.2) is 39.1 Å². The number of carbonyl (C=O) groups excluding carboxylic acids is 2. The molecule has 2 amide bonds. The van der Waals surface area contributed by atoms with E-state index in [-0.39, 0.29) is 17.3 Å². The fourth-order valence-electron chi connectivity index (χ4n) is 2.74. The number of nitrogens with zero attached hydrogens (tertiary/aromatic N) is 3. The number of amides is 2. The van der Waals surface area contributed by atoms with E-state index in [9.17, 15) is 9.59 Å². The van der Waals surface area contributed by atoms with Crippen LogP contribution in [0.4, 0.5) is 0 Å². The summed E-state index contributed by atoms with van der Waals surface area (Å²) in [6.07, 6.45) is 4.07. The maximum absolute atomic E-state index is 12.8. The zero-order valence-electron chi connectivity index (χ0n) is 13.8. The quantitative estimate of drug-likeness (QED) is 0.848. The maximum atomic E-state index is 12.8. The molecule has 0 aliphatic heterocycles. The highest BCUT2D eigenvalue weighted by Gasteiger charge is 2.34. The van der Waals surface area contributed by atoms with Crippen LogP contribution < -0.4 is 5.73 Å². The molecule has 6 heteroatoms. The van der Waals surface area contributed by atoms with Crippen LogP contribution in [0, 0.1) is 0 Å². The lowest BCUT2D eigenvalue weighted by Gasteiger charge is -2.21. The number of benzene rings is 1. The van der Waals surface area contributed by atoms with Crippen molar-refractivity contribution in [1.82, 2.24) is 14.7 Å². The number of hydrogen-bond donors (Lipinski definition) is 1. The summed E-state index contributed by atoms with van der Waals surface area (Å²) >= 11 is 0. The molecule has 0 atom stereocenters. The fraction of sp³-hybridized carbons (Fsp3) is 0.389. The molecule has 2 N–H and O–H groups in total. The normalized spacial score (nSPS) is 13.7. The summed E-state index contributed by atoms with van der Waals surface area (Å²) in [6, 6.07) is 11.0. The molecule has 0 bridgehead atoms. The van der Waals surface area contributed by atoms with Crippen molar-refractivity contribution in [2.75, 3.05) is 6.54 Å². The van der Waals surface area contributed by atoms with E-state index in [1.165, 1.54) is 10.7 Å². The van der Waals surface area contributed by atoms with Crippen molar-refractivity contribution in [3.05, 3.63) is 47.8 Å². The van der Waals surface area contributed by atoms with E-state index in [0.717, 1.165) is 32.2 Å². The molecule has 6 nitrogen and oxygen atoms in total. The number of unbranched alkanes of at least 4 members (excludes halogenated alkanes) is 1. The molecule has 3 rings (SSSR count). The summed E-state index contributed by atoms with van der Waals surface area (Å²) in [4.78, 5) is 26.5. The number of aromatic nitrogens is 2. The number of rotatable bonds is 7. The number of nitrogens with two attached hydrogens (primary N) is 1. The third-order valence-electron chi connectivity index (χ3n) is 4.18. The first-order chi connectivity index (χ1) is 11.6. The average molecular weight is 326 g/mol. The Hall–Kier alpha value is -2.63. The largest absolute Gasteiger partial charge is 0.364 e. The highest BCUT2D eigenvalue weighted by atomic mass is 16.2. The van der Waals surface area contributed by atoms with Crippen molar-refractivity contribution < 1.29 is 9.59 Å². The second-order valence-electron chi connectivity index (χ2n) is 6.11. The van der Waals surface area contributed by atoms with Gasteiger partial charge in [-0.15, -0.1) is 0 Å². The van der Waals surface area contributed by atoms with Crippen molar-refractivity contribution in [2.24, 2.45) is 5.73 Å². The third-order valence-corrected chi connectivity index (χ3v) is 4.18. The summed E-state index contributed by atoms with van der Waals surface area (Å²) in [5.74, 6) is -0.722. The molecule has 2 aromatic rings. The molecular formula is C18H22N4O2. The summed E-state index contributed by atoms with van der Waals surface area (Å²) in [5, 5.41) is 4.37. The van der Waals surface area contributed by atoms with Gasteiger partial charge in [0.2, 0.25) is 0 Å². The molecule has 0 radical (unpaired) electrons. The molecule has 1 aromatic carbocycles. The number of carbonyl (C=O) groups is 2. The van der Waals surface area contributed by atoms with Crippen LogP contribution in [0.25, 0.3) is 5.69 Å². The van der Waals surface area contributed by atoms with Crippen molar-refractivity contribution in [1.29, 1.82) is 0 Å². The standard InChI is InChI=1S/C18H22N4O2/c1-2-3-11-21(13-9-10-13)18(24)15-12-16(17(19)23)22(20-15)14-7-5-4-6-8-14/h4-8,12-13H,2-3,9-11H2,1H3,(H2,19,23). The van der Waals surface area contributed by atoms with Crippen molar-refractivity contribution in [3.8, 4) is 5.69 Å². The molecule has 0 spiro atoms. The van der Waals surface area contributed by atoms with Gasteiger partial charge in [0.25, 0.3) is 11.8 Å². The SMILES string of the molecule is CCCCN(C(=O)c1cc(C(N)=O)n(-c2ccccc2)n1)C1CC1. The Balaban J connectivity index is 1.93. The highest BCUT2D eigenvalue weighted by Crippen LogP contribution is 2.28. The van der Waals surface area contributed by atoms with Crippen LogP contribution in [0.2, 0.25) is 0 Å². The molecular weight excluding hydrogens is 304 g/mol. The number of para-hydroxylation sites is 1. The van der Waals surface area contributed by atoms with E-state index in [1.54, 1.807) is 0 Å². The molecule has 126 valence electrons. The minimum absolute atomic E-state index is 0.122. The number of hydrogen-bond acceptors (Lipinski definition) is 3. The third kappa shape index (κ3) is 3.32. The van der Waals surface area contributed by atoms with Gasteiger partial charge in [0.05, 0.1) is 5.69 Å². The zero-order valence-corrected chi connectivity index (χ0v) is 13.8. The first-order valence-electron chi connectivity index (χ1n) is 8.38. The highest BCUT2D eigenvalue weighted by molar-refractivity contribution is 5.98. The molecule has 1 fully saturated rings. The van der Waals surface area contributed by atoms with E-state index in [2.05, 4.69) is 12.0 Å². The lowest BCUT2D eigenvalue weighted by atomic mass is 10.2. The predicted octanol–water partition coefficient (Wildman–Crippen LogP) is 2.38. The topological polar surface area (TPSA) is 81.2 Å². The summed E-state index contributed by atoms with van der Waals surface area (Å²) in [6.45, 7) is 2.83. The van der Waals surface area contributed by atoms with Gasteiger partial charge in [-0.05, 0) is 31.4 Å². The Morgan fingerprint density at radius 3 is 2.58 bits per heavy atom. The molecule has 1 aliphatic rings. The monoisotopic (exact) mass is 326 g/mol. The van der Waals surface area contributed by atoms with E-state index >= 15 is 0 Å². The second-order valence-corrected chi connectivity index (χ2v) is 6.11. The zero-order chi connectivity index (χ0) is 17.1. The van der Waals surface area contributed by atoms with Gasteiger partial charge in [0.1, 0.15) is 5.69 Å². The van der Waals surface area contributed by atoms with Crippen LogP contribution >= 0.6 is 0 Å². The lowest BCUT2D eigenvalue weighted by Crippen LogP contribution is -2.34. The van der Waals surface area contributed by atoms with Gasteiger partial charge in [-0.3, -0.25) is 9.59 Å². The number of primary amides is 1. The summed E-state index contributed by atoms with van der Waals surface area (Å²) in [7, 11) is 0. The van der Waals surface area contributed by atoms with Gasteiger partial charge in [0.15, 0.2) is 5.69 Å². The van der Waals surface area contributed by atoms with Crippen LogP contribution in [0.3, 0.4) is 0 Å². The fourth-order valence-corrected chi connectivity index (χ4v) is 2.74. The Morgan fingerprint density at radius 2 is 2.00 bits per heavy atom. The van der Waals surface area contributed by atoms with Gasteiger partial charge in [-0.1, -0.05) is 31.5 Å². The smallest absolute Gasteiger partial charge is 0.274 e. The van der Waals surface area contributed by atoms with Crippen molar-refractivity contribution >= 4 is 11.8 Å². The molecule has 1 aromatic heterocycles. The Labute approximate surface area is 141 Å². The minimum Gasteiger partial charge on any atom is -0.364 e. The molecule has 1 heterocycles. The van der Waals surface area contributed by atoms with Crippen LogP contribution in [0.5, 0.6) is 0 Å². The predicted molar refractivity (Wildman–Crippen MR) is 91.0 cm³/mol. The van der Waals surface area contributed by atoms with Crippen LogP contribution in [0.15, 0.2) is 36.4 Å². The van der Waals surface area contributed by atoms with Gasteiger partial charge in [-0.2, -0.15) is 5.10 Å². The minimum atomic E-state index is -0.600. The molecule has 24 heavy (non-hydrogen) atoms. The maximum Gasteiger partial charge on any atom is 0.274 e. The molecule has 1 saturated carbocycles. The van der Waals surface area contributed by atoms with Crippen LogP contribution in [-0.2, 0) is 0 Å². The second kappa shape index (κ2) is 6.86. The van der Waals surface area contributed by atoms with Gasteiger partial charge < -0.3 is 10.6 Å². The summed E-state index contributed by atoms with van der Waals surface area (Å²) < 4.78 is 1.44. The first kappa shape index (κ1) is 16.2. The van der Waals surface area contributed by atoms with Crippen molar-refractivity contribution in [3.63, 3.8) is 0 Å². The van der Waals surface area contributed by atoms with E-state index in [1.807, 2.05) is 35.2 Å².